The Kier molecular flexibility index (Phi) is 7.26. The Morgan fingerprint density at radius 1 is 1.40 bits per heavy atom. The molecule has 2 fully saturated rings. The van der Waals surface area contributed by atoms with Gasteiger partial charge in [-0.2, -0.15) is 0 Å². The summed E-state index contributed by atoms with van der Waals surface area (Å²) < 4.78 is 0. The fourth-order valence-corrected chi connectivity index (χ4v) is 2.67. The van der Waals surface area contributed by atoms with Crippen LogP contribution in [-0.2, 0) is 9.59 Å². The lowest BCUT2D eigenvalue weighted by atomic mass is 10.1. The third kappa shape index (κ3) is 4.61. The molecule has 6 nitrogen and oxygen atoms in total. The summed E-state index contributed by atoms with van der Waals surface area (Å²) in [7, 11) is 0. The summed E-state index contributed by atoms with van der Waals surface area (Å²) in [5.74, 6) is -0.0281. The quantitative estimate of drug-likeness (QED) is 0.705. The highest BCUT2D eigenvalue weighted by atomic mass is 35.5. The number of nitrogens with zero attached hydrogens (tertiary/aromatic N) is 2. The predicted octanol–water partition coefficient (Wildman–Crippen LogP) is -0.702. The number of likely N-dealkylation sites (tertiary alicyclic amines) is 1. The Hall–Kier alpha value is -0.850. The number of hydrogen-bond acceptors (Lipinski definition) is 4. The maximum absolute atomic E-state index is 12.0. The number of carbonyl (C=O) groups is 2. The van der Waals surface area contributed by atoms with Crippen LogP contribution in [0.15, 0.2) is 0 Å². The molecule has 2 saturated heterocycles. The van der Waals surface area contributed by atoms with Crippen molar-refractivity contribution in [2.75, 3.05) is 52.4 Å². The van der Waals surface area contributed by atoms with Crippen LogP contribution in [0.4, 0.5) is 0 Å². The molecule has 2 amide bonds. The maximum Gasteiger partial charge on any atom is 0.225 e. The van der Waals surface area contributed by atoms with E-state index in [0.717, 1.165) is 32.7 Å². The maximum atomic E-state index is 12.0. The lowest BCUT2D eigenvalue weighted by molar-refractivity contribution is -0.128. The Balaban J connectivity index is 0.00000200. The van der Waals surface area contributed by atoms with Gasteiger partial charge in [-0.05, 0) is 6.92 Å². The molecule has 0 bridgehead atoms. The van der Waals surface area contributed by atoms with Gasteiger partial charge >= 0.3 is 0 Å². The molecule has 0 aromatic heterocycles. The van der Waals surface area contributed by atoms with Crippen LogP contribution in [0.1, 0.15) is 13.3 Å². The SMILES string of the molecule is CCN1CC(C(=O)NCCN2CCNCC2)CC1=O.Cl. The van der Waals surface area contributed by atoms with E-state index in [-0.39, 0.29) is 30.1 Å². The largest absolute Gasteiger partial charge is 0.355 e. The van der Waals surface area contributed by atoms with E-state index in [9.17, 15) is 9.59 Å². The Bertz CT molecular complexity index is 334. The first kappa shape index (κ1) is 17.2. The molecule has 0 aliphatic carbocycles. The summed E-state index contributed by atoms with van der Waals surface area (Å²) in [5.41, 5.74) is 0. The van der Waals surface area contributed by atoms with Crippen molar-refractivity contribution in [2.24, 2.45) is 5.92 Å². The fraction of sp³-hybridized carbons (Fsp3) is 0.846. The lowest BCUT2D eigenvalue weighted by Gasteiger charge is -2.27. The molecular formula is C13H25ClN4O2. The van der Waals surface area contributed by atoms with Gasteiger partial charge in [0.15, 0.2) is 0 Å². The number of piperazine rings is 1. The monoisotopic (exact) mass is 304 g/mol. The zero-order valence-corrected chi connectivity index (χ0v) is 12.9. The van der Waals surface area contributed by atoms with Crippen molar-refractivity contribution in [3.8, 4) is 0 Å². The first-order chi connectivity index (χ1) is 9.20. The lowest BCUT2D eigenvalue weighted by Crippen LogP contribution is -2.46. The Morgan fingerprint density at radius 3 is 2.70 bits per heavy atom. The second-order valence-electron chi connectivity index (χ2n) is 5.22. The summed E-state index contributed by atoms with van der Waals surface area (Å²) in [4.78, 5) is 27.6. The van der Waals surface area contributed by atoms with E-state index in [1.807, 2.05) is 6.92 Å². The number of hydrogen-bond donors (Lipinski definition) is 2. The molecule has 1 atom stereocenters. The van der Waals surface area contributed by atoms with Gasteiger partial charge in [-0.25, -0.2) is 0 Å². The van der Waals surface area contributed by atoms with Crippen molar-refractivity contribution in [3.05, 3.63) is 0 Å². The highest BCUT2D eigenvalue weighted by Gasteiger charge is 2.33. The fourth-order valence-electron chi connectivity index (χ4n) is 2.67. The van der Waals surface area contributed by atoms with Gasteiger partial charge in [0, 0.05) is 58.8 Å². The predicted molar refractivity (Wildman–Crippen MR) is 79.9 cm³/mol. The normalized spacial score (nSPS) is 23.6. The molecule has 2 aliphatic heterocycles. The number of nitrogens with one attached hydrogen (secondary N) is 2. The van der Waals surface area contributed by atoms with Crippen LogP contribution in [0.5, 0.6) is 0 Å². The van der Waals surface area contributed by atoms with E-state index in [4.69, 9.17) is 0 Å². The molecule has 116 valence electrons. The topological polar surface area (TPSA) is 64.7 Å². The molecule has 0 aromatic carbocycles. The van der Waals surface area contributed by atoms with Crippen molar-refractivity contribution in [3.63, 3.8) is 0 Å². The van der Waals surface area contributed by atoms with E-state index in [1.165, 1.54) is 0 Å². The molecule has 2 N–H and O–H groups in total. The second kappa shape index (κ2) is 8.44. The van der Waals surface area contributed by atoms with E-state index < -0.39 is 0 Å². The summed E-state index contributed by atoms with van der Waals surface area (Å²) in [5, 5.41) is 6.26. The zero-order valence-electron chi connectivity index (χ0n) is 12.1. The molecule has 2 rings (SSSR count). The van der Waals surface area contributed by atoms with Crippen LogP contribution in [0.3, 0.4) is 0 Å². The zero-order chi connectivity index (χ0) is 13.7. The summed E-state index contributed by atoms with van der Waals surface area (Å²) in [6, 6.07) is 0. The van der Waals surface area contributed by atoms with E-state index in [2.05, 4.69) is 15.5 Å². The van der Waals surface area contributed by atoms with Crippen molar-refractivity contribution in [1.29, 1.82) is 0 Å². The van der Waals surface area contributed by atoms with Crippen molar-refractivity contribution >= 4 is 24.2 Å². The first-order valence-corrected chi connectivity index (χ1v) is 7.19. The molecule has 2 heterocycles. The molecule has 0 aromatic rings. The van der Waals surface area contributed by atoms with Gasteiger partial charge in [0.25, 0.3) is 0 Å². The third-order valence-corrected chi connectivity index (χ3v) is 3.90. The molecule has 20 heavy (non-hydrogen) atoms. The van der Waals surface area contributed by atoms with Gasteiger partial charge in [0.05, 0.1) is 5.92 Å². The third-order valence-electron chi connectivity index (χ3n) is 3.90. The van der Waals surface area contributed by atoms with Gasteiger partial charge in [0.2, 0.25) is 11.8 Å². The Morgan fingerprint density at radius 2 is 2.10 bits per heavy atom. The molecule has 1 unspecified atom stereocenters. The standard InChI is InChI=1S/C13H24N4O2.ClH/c1-2-17-10-11(9-12(17)18)13(19)15-5-8-16-6-3-14-4-7-16;/h11,14H,2-10H2,1H3,(H,15,19);1H. The van der Waals surface area contributed by atoms with Gasteiger partial charge < -0.3 is 15.5 Å². The van der Waals surface area contributed by atoms with Gasteiger partial charge in [-0.15, -0.1) is 12.4 Å². The highest BCUT2D eigenvalue weighted by Crippen LogP contribution is 2.17. The Labute approximate surface area is 126 Å². The smallest absolute Gasteiger partial charge is 0.225 e. The molecule has 2 aliphatic rings. The van der Waals surface area contributed by atoms with Crippen LogP contribution in [0.2, 0.25) is 0 Å². The average Bonchev–Trinajstić information content (AvgIpc) is 2.81. The molecule has 0 saturated carbocycles. The average molecular weight is 305 g/mol. The van der Waals surface area contributed by atoms with Crippen molar-refractivity contribution in [1.82, 2.24) is 20.4 Å². The minimum Gasteiger partial charge on any atom is -0.355 e. The van der Waals surface area contributed by atoms with E-state index in [1.54, 1.807) is 4.90 Å². The molecular weight excluding hydrogens is 280 g/mol. The van der Waals surface area contributed by atoms with Crippen LogP contribution in [0.25, 0.3) is 0 Å². The van der Waals surface area contributed by atoms with Crippen LogP contribution < -0.4 is 10.6 Å². The van der Waals surface area contributed by atoms with Crippen LogP contribution in [0, 0.1) is 5.92 Å². The summed E-state index contributed by atoms with van der Waals surface area (Å²) in [6.07, 6.45) is 0.368. The van der Waals surface area contributed by atoms with Crippen molar-refractivity contribution < 1.29 is 9.59 Å². The van der Waals surface area contributed by atoms with Crippen molar-refractivity contribution in [2.45, 2.75) is 13.3 Å². The number of halogens is 1. The van der Waals surface area contributed by atoms with Gasteiger partial charge in [0.1, 0.15) is 0 Å². The van der Waals surface area contributed by atoms with Gasteiger partial charge in [-0.3, -0.25) is 14.5 Å². The summed E-state index contributed by atoms with van der Waals surface area (Å²) >= 11 is 0. The minimum atomic E-state index is -0.157. The first-order valence-electron chi connectivity index (χ1n) is 7.19. The number of carbonyl (C=O) groups excluding carboxylic acids is 2. The number of rotatable bonds is 5. The second-order valence-corrected chi connectivity index (χ2v) is 5.22. The van der Waals surface area contributed by atoms with Gasteiger partial charge in [-0.1, -0.05) is 0 Å². The minimum absolute atomic E-state index is 0. The molecule has 0 spiro atoms. The summed E-state index contributed by atoms with van der Waals surface area (Å²) in [6.45, 7) is 8.93. The van der Waals surface area contributed by atoms with Crippen LogP contribution in [-0.4, -0.2) is 74.0 Å². The van der Waals surface area contributed by atoms with Crippen LogP contribution >= 0.6 is 12.4 Å². The molecule has 0 radical (unpaired) electrons. The van der Waals surface area contributed by atoms with E-state index >= 15 is 0 Å². The highest BCUT2D eigenvalue weighted by molar-refractivity contribution is 5.89. The molecule has 7 heteroatoms. The van der Waals surface area contributed by atoms with E-state index in [0.29, 0.717) is 26.1 Å². The number of amides is 2.